The number of benzene rings is 2. The maximum Gasteiger partial charge on any atom is 0.122 e. The number of ether oxygens (including phenoxy) is 1. The number of methoxy groups -OCH3 is 1. The third kappa shape index (κ3) is 4.55. The summed E-state index contributed by atoms with van der Waals surface area (Å²) in [5.74, 6) is 0.942. The molecule has 0 aliphatic heterocycles. The molecule has 0 heterocycles. The van der Waals surface area contributed by atoms with Gasteiger partial charge in [0.15, 0.2) is 0 Å². The molecular formula is C17H22ClNO. The van der Waals surface area contributed by atoms with Gasteiger partial charge in [0.1, 0.15) is 5.75 Å². The van der Waals surface area contributed by atoms with Gasteiger partial charge in [-0.25, -0.2) is 0 Å². The van der Waals surface area contributed by atoms with Crippen molar-refractivity contribution in [2.75, 3.05) is 7.11 Å². The van der Waals surface area contributed by atoms with Crippen molar-refractivity contribution in [3.05, 3.63) is 65.2 Å². The SMILES string of the molecule is COc1ccc(CC(C)N)cc1Cc1ccccc1.Cl. The summed E-state index contributed by atoms with van der Waals surface area (Å²) in [6.07, 6.45) is 1.78. The van der Waals surface area contributed by atoms with Crippen LogP contribution in [0.4, 0.5) is 0 Å². The van der Waals surface area contributed by atoms with E-state index in [0.717, 1.165) is 18.6 Å². The summed E-state index contributed by atoms with van der Waals surface area (Å²) >= 11 is 0. The number of rotatable bonds is 5. The lowest BCUT2D eigenvalue weighted by atomic mass is 9.99. The summed E-state index contributed by atoms with van der Waals surface area (Å²) in [5, 5.41) is 0. The van der Waals surface area contributed by atoms with Crippen molar-refractivity contribution in [1.82, 2.24) is 0 Å². The fourth-order valence-corrected chi connectivity index (χ4v) is 2.28. The Balaban J connectivity index is 0.00000200. The van der Waals surface area contributed by atoms with Crippen LogP contribution in [0, 0.1) is 0 Å². The van der Waals surface area contributed by atoms with E-state index in [-0.39, 0.29) is 18.4 Å². The first kappa shape index (κ1) is 16.5. The molecule has 2 rings (SSSR count). The van der Waals surface area contributed by atoms with Gasteiger partial charge in [0, 0.05) is 12.5 Å². The second-order valence-electron chi connectivity index (χ2n) is 4.99. The predicted molar refractivity (Wildman–Crippen MR) is 86.8 cm³/mol. The van der Waals surface area contributed by atoms with Crippen LogP contribution in [0.15, 0.2) is 48.5 Å². The van der Waals surface area contributed by atoms with Crippen LogP contribution in [0.1, 0.15) is 23.6 Å². The molecule has 0 bridgehead atoms. The van der Waals surface area contributed by atoms with E-state index in [1.807, 2.05) is 19.1 Å². The molecule has 1 unspecified atom stereocenters. The first-order valence-corrected chi connectivity index (χ1v) is 6.64. The highest BCUT2D eigenvalue weighted by Gasteiger charge is 2.07. The zero-order valence-electron chi connectivity index (χ0n) is 12.0. The number of halogens is 1. The molecule has 20 heavy (non-hydrogen) atoms. The highest BCUT2D eigenvalue weighted by molar-refractivity contribution is 5.85. The van der Waals surface area contributed by atoms with E-state index >= 15 is 0 Å². The summed E-state index contributed by atoms with van der Waals surface area (Å²) in [5.41, 5.74) is 9.64. The van der Waals surface area contributed by atoms with Crippen molar-refractivity contribution in [1.29, 1.82) is 0 Å². The lowest BCUT2D eigenvalue weighted by Gasteiger charge is -2.12. The molecule has 2 N–H and O–H groups in total. The molecule has 0 aliphatic carbocycles. The fourth-order valence-electron chi connectivity index (χ4n) is 2.28. The van der Waals surface area contributed by atoms with Crippen LogP contribution in [-0.2, 0) is 12.8 Å². The molecule has 2 aromatic carbocycles. The van der Waals surface area contributed by atoms with Crippen LogP contribution in [0.2, 0.25) is 0 Å². The van der Waals surface area contributed by atoms with Crippen molar-refractivity contribution in [2.45, 2.75) is 25.8 Å². The van der Waals surface area contributed by atoms with Crippen LogP contribution in [0.25, 0.3) is 0 Å². The summed E-state index contributed by atoms with van der Waals surface area (Å²) in [4.78, 5) is 0. The molecule has 0 saturated heterocycles. The van der Waals surface area contributed by atoms with Crippen molar-refractivity contribution in [2.24, 2.45) is 5.73 Å². The number of hydrogen-bond acceptors (Lipinski definition) is 2. The molecule has 0 radical (unpaired) electrons. The van der Waals surface area contributed by atoms with E-state index in [4.69, 9.17) is 10.5 Å². The molecule has 3 heteroatoms. The first-order chi connectivity index (χ1) is 9.19. The third-order valence-electron chi connectivity index (χ3n) is 3.14. The van der Waals surface area contributed by atoms with E-state index < -0.39 is 0 Å². The molecule has 0 saturated carbocycles. The van der Waals surface area contributed by atoms with Crippen LogP contribution >= 0.6 is 12.4 Å². The molecule has 1 atom stereocenters. The average Bonchev–Trinajstić information content (AvgIpc) is 2.39. The van der Waals surface area contributed by atoms with Gasteiger partial charge in [0.2, 0.25) is 0 Å². The number of hydrogen-bond donors (Lipinski definition) is 1. The molecule has 0 aliphatic rings. The Hall–Kier alpha value is -1.51. The van der Waals surface area contributed by atoms with E-state index in [0.29, 0.717) is 0 Å². The van der Waals surface area contributed by atoms with E-state index in [2.05, 4.69) is 36.4 Å². The minimum Gasteiger partial charge on any atom is -0.496 e. The standard InChI is InChI=1S/C17H21NO.ClH/c1-13(18)10-15-8-9-17(19-2)16(12-15)11-14-6-4-3-5-7-14;/h3-9,12-13H,10-11,18H2,1-2H3;1H. The largest absolute Gasteiger partial charge is 0.496 e. The van der Waals surface area contributed by atoms with Gasteiger partial charge in [0.05, 0.1) is 7.11 Å². The zero-order valence-corrected chi connectivity index (χ0v) is 12.8. The second-order valence-corrected chi connectivity index (χ2v) is 4.99. The Labute approximate surface area is 127 Å². The molecule has 0 aromatic heterocycles. The monoisotopic (exact) mass is 291 g/mol. The number of nitrogens with two attached hydrogens (primary N) is 1. The summed E-state index contributed by atoms with van der Waals surface area (Å²) in [6.45, 7) is 2.03. The summed E-state index contributed by atoms with van der Waals surface area (Å²) in [6, 6.07) is 16.9. The highest BCUT2D eigenvalue weighted by Crippen LogP contribution is 2.23. The van der Waals surface area contributed by atoms with E-state index in [1.54, 1.807) is 7.11 Å². The van der Waals surface area contributed by atoms with Gasteiger partial charge in [0.25, 0.3) is 0 Å². The molecule has 0 amide bonds. The maximum atomic E-state index is 5.87. The van der Waals surface area contributed by atoms with E-state index in [9.17, 15) is 0 Å². The minimum absolute atomic E-state index is 0. The van der Waals surface area contributed by atoms with Crippen molar-refractivity contribution in [3.63, 3.8) is 0 Å². The molecule has 2 nitrogen and oxygen atoms in total. The summed E-state index contributed by atoms with van der Waals surface area (Å²) < 4.78 is 5.45. The van der Waals surface area contributed by atoms with Crippen LogP contribution in [0.5, 0.6) is 5.75 Å². The van der Waals surface area contributed by atoms with Crippen molar-refractivity contribution >= 4 is 12.4 Å². The predicted octanol–water partition coefficient (Wildman–Crippen LogP) is 3.60. The molecule has 0 fully saturated rings. The van der Waals surface area contributed by atoms with Crippen molar-refractivity contribution in [3.8, 4) is 5.75 Å². The Morgan fingerprint density at radius 2 is 1.75 bits per heavy atom. The Kier molecular flexibility index (Phi) is 6.56. The van der Waals surface area contributed by atoms with Gasteiger partial charge in [-0.05, 0) is 36.1 Å². The normalized spacial score (nSPS) is 11.6. The lowest BCUT2D eigenvalue weighted by molar-refractivity contribution is 0.410. The Bertz CT molecular complexity index is 526. The van der Waals surface area contributed by atoms with Gasteiger partial charge in [-0.3, -0.25) is 0 Å². The van der Waals surface area contributed by atoms with Crippen molar-refractivity contribution < 1.29 is 4.74 Å². The molecule has 2 aromatic rings. The van der Waals surface area contributed by atoms with Gasteiger partial charge >= 0.3 is 0 Å². The summed E-state index contributed by atoms with van der Waals surface area (Å²) in [7, 11) is 1.72. The average molecular weight is 292 g/mol. The highest BCUT2D eigenvalue weighted by atomic mass is 35.5. The molecule has 0 spiro atoms. The van der Waals surface area contributed by atoms with Gasteiger partial charge in [-0.15, -0.1) is 12.4 Å². The third-order valence-corrected chi connectivity index (χ3v) is 3.14. The smallest absolute Gasteiger partial charge is 0.122 e. The quantitative estimate of drug-likeness (QED) is 0.913. The van der Waals surface area contributed by atoms with Crippen LogP contribution in [0.3, 0.4) is 0 Å². The second kappa shape index (κ2) is 7.93. The van der Waals surface area contributed by atoms with Gasteiger partial charge in [-0.1, -0.05) is 42.5 Å². The van der Waals surface area contributed by atoms with Crippen LogP contribution in [-0.4, -0.2) is 13.2 Å². The van der Waals surface area contributed by atoms with Crippen LogP contribution < -0.4 is 10.5 Å². The Morgan fingerprint density at radius 3 is 2.35 bits per heavy atom. The molecular weight excluding hydrogens is 270 g/mol. The van der Waals surface area contributed by atoms with E-state index in [1.165, 1.54) is 16.7 Å². The molecule has 108 valence electrons. The maximum absolute atomic E-state index is 5.87. The zero-order chi connectivity index (χ0) is 13.7. The fraction of sp³-hybridized carbons (Fsp3) is 0.294. The first-order valence-electron chi connectivity index (χ1n) is 6.64. The minimum atomic E-state index is 0. The van der Waals surface area contributed by atoms with Gasteiger partial charge < -0.3 is 10.5 Å². The topological polar surface area (TPSA) is 35.2 Å². The lowest BCUT2D eigenvalue weighted by Crippen LogP contribution is -2.17. The Morgan fingerprint density at radius 1 is 1.05 bits per heavy atom. The van der Waals surface area contributed by atoms with Gasteiger partial charge in [-0.2, -0.15) is 0 Å².